The summed E-state index contributed by atoms with van der Waals surface area (Å²) in [4.78, 5) is 22.6. The topological polar surface area (TPSA) is 106 Å². The van der Waals surface area contributed by atoms with E-state index in [1.165, 1.54) is 10.9 Å². The molecule has 0 spiro atoms. The van der Waals surface area contributed by atoms with Gasteiger partial charge in [0.25, 0.3) is 0 Å². The molecule has 1 aromatic heterocycles. The second kappa shape index (κ2) is 6.51. The molecule has 0 radical (unpaired) electrons. The van der Waals surface area contributed by atoms with Gasteiger partial charge in [-0.3, -0.25) is 9.59 Å². The van der Waals surface area contributed by atoms with Crippen LogP contribution in [0.15, 0.2) is 30.5 Å². The summed E-state index contributed by atoms with van der Waals surface area (Å²) in [7, 11) is 1.56. The zero-order valence-corrected chi connectivity index (χ0v) is 11.3. The Hall–Kier alpha value is -2.90. The minimum absolute atomic E-state index is 0.103. The number of aliphatic carboxylic acids is 1. The molecule has 0 bridgehead atoms. The Bertz CT molecular complexity index is 636. The van der Waals surface area contributed by atoms with Crippen LogP contribution in [0.2, 0.25) is 0 Å². The van der Waals surface area contributed by atoms with Crippen LogP contribution in [-0.4, -0.2) is 39.1 Å². The normalized spacial score (nSPS) is 10.1. The van der Waals surface area contributed by atoms with Crippen molar-refractivity contribution in [1.82, 2.24) is 15.0 Å². The molecule has 2 aromatic rings. The van der Waals surface area contributed by atoms with Crippen LogP contribution in [0.5, 0.6) is 5.75 Å². The number of hydrogen-bond acceptors (Lipinski definition) is 5. The summed E-state index contributed by atoms with van der Waals surface area (Å²) in [6.45, 7) is -0.103. The van der Waals surface area contributed by atoms with Crippen molar-refractivity contribution >= 4 is 17.6 Å². The third-order valence-electron chi connectivity index (χ3n) is 2.70. The predicted molar refractivity (Wildman–Crippen MR) is 73.0 cm³/mol. The summed E-state index contributed by atoms with van der Waals surface area (Å²) in [5.41, 5.74) is 0.980. The largest absolute Gasteiger partial charge is 0.497 e. The van der Waals surface area contributed by atoms with Gasteiger partial charge in [-0.05, 0) is 24.3 Å². The Morgan fingerprint density at radius 2 is 2.05 bits per heavy atom. The number of carboxylic acid groups (broad SMARTS) is 1. The number of carboxylic acids is 1. The SMILES string of the molecule is COc1ccc(NC(=O)Cn2nncc2CC(=O)O)cc1. The first-order valence-corrected chi connectivity index (χ1v) is 6.11. The monoisotopic (exact) mass is 290 g/mol. The van der Waals surface area contributed by atoms with Gasteiger partial charge in [-0.2, -0.15) is 0 Å². The molecule has 1 heterocycles. The minimum atomic E-state index is -1.01. The number of anilines is 1. The number of benzene rings is 1. The highest BCUT2D eigenvalue weighted by molar-refractivity contribution is 5.90. The van der Waals surface area contributed by atoms with Gasteiger partial charge in [0.15, 0.2) is 0 Å². The van der Waals surface area contributed by atoms with E-state index in [1.54, 1.807) is 31.4 Å². The predicted octanol–water partition coefficient (Wildman–Crippen LogP) is 0.552. The summed E-state index contributed by atoms with van der Waals surface area (Å²) >= 11 is 0. The molecular formula is C13H14N4O4. The van der Waals surface area contributed by atoms with Crippen LogP contribution in [0.3, 0.4) is 0 Å². The fraction of sp³-hybridized carbons (Fsp3) is 0.231. The lowest BCUT2D eigenvalue weighted by Gasteiger charge is -2.07. The smallest absolute Gasteiger partial charge is 0.309 e. The van der Waals surface area contributed by atoms with E-state index in [2.05, 4.69) is 15.6 Å². The van der Waals surface area contributed by atoms with E-state index >= 15 is 0 Å². The maximum Gasteiger partial charge on any atom is 0.309 e. The molecule has 0 aliphatic rings. The lowest BCUT2D eigenvalue weighted by Crippen LogP contribution is -2.21. The molecule has 1 amide bonds. The Labute approximate surface area is 120 Å². The highest BCUT2D eigenvalue weighted by atomic mass is 16.5. The van der Waals surface area contributed by atoms with Crippen LogP contribution in [0.4, 0.5) is 5.69 Å². The lowest BCUT2D eigenvalue weighted by atomic mass is 10.3. The number of rotatable bonds is 6. The van der Waals surface area contributed by atoms with Crippen molar-refractivity contribution in [1.29, 1.82) is 0 Å². The van der Waals surface area contributed by atoms with Gasteiger partial charge in [-0.25, -0.2) is 4.68 Å². The van der Waals surface area contributed by atoms with Crippen molar-refractivity contribution in [3.63, 3.8) is 0 Å². The average Bonchev–Trinajstić information content (AvgIpc) is 2.86. The molecule has 0 aliphatic carbocycles. The van der Waals surface area contributed by atoms with Gasteiger partial charge in [-0.15, -0.1) is 5.10 Å². The van der Waals surface area contributed by atoms with Crippen LogP contribution in [0, 0.1) is 0 Å². The first-order chi connectivity index (χ1) is 10.1. The maximum absolute atomic E-state index is 11.9. The number of ether oxygens (including phenoxy) is 1. The van der Waals surface area contributed by atoms with E-state index in [1.807, 2.05) is 0 Å². The van der Waals surface area contributed by atoms with E-state index < -0.39 is 5.97 Å². The Kier molecular flexibility index (Phi) is 4.50. The number of aromatic nitrogens is 3. The Morgan fingerprint density at radius 3 is 2.67 bits per heavy atom. The quantitative estimate of drug-likeness (QED) is 0.804. The van der Waals surface area contributed by atoms with Gasteiger partial charge in [0.2, 0.25) is 5.91 Å². The van der Waals surface area contributed by atoms with E-state index in [-0.39, 0.29) is 18.9 Å². The summed E-state index contributed by atoms with van der Waals surface area (Å²) < 4.78 is 6.28. The summed E-state index contributed by atoms with van der Waals surface area (Å²) in [5.74, 6) is -0.639. The Morgan fingerprint density at radius 1 is 1.33 bits per heavy atom. The zero-order chi connectivity index (χ0) is 15.2. The molecular weight excluding hydrogens is 276 g/mol. The fourth-order valence-corrected chi connectivity index (χ4v) is 1.71. The molecule has 0 fully saturated rings. The molecule has 8 nitrogen and oxygen atoms in total. The van der Waals surface area contributed by atoms with Crippen molar-refractivity contribution in [2.24, 2.45) is 0 Å². The summed E-state index contributed by atoms with van der Waals surface area (Å²) in [6.07, 6.45) is 1.09. The van der Waals surface area contributed by atoms with Gasteiger partial charge in [0, 0.05) is 5.69 Å². The number of nitrogens with zero attached hydrogens (tertiary/aromatic N) is 3. The summed E-state index contributed by atoms with van der Waals surface area (Å²) in [6, 6.07) is 6.86. The molecule has 110 valence electrons. The second-order valence-corrected chi connectivity index (χ2v) is 4.23. The third kappa shape index (κ3) is 4.03. The van der Waals surface area contributed by atoms with Gasteiger partial charge in [0.1, 0.15) is 12.3 Å². The molecule has 0 unspecified atom stereocenters. The van der Waals surface area contributed by atoms with Crippen LogP contribution in [0.25, 0.3) is 0 Å². The molecule has 0 aliphatic heterocycles. The minimum Gasteiger partial charge on any atom is -0.497 e. The third-order valence-corrected chi connectivity index (χ3v) is 2.70. The number of hydrogen-bond donors (Lipinski definition) is 2. The summed E-state index contributed by atoms with van der Waals surface area (Å²) in [5, 5.41) is 18.7. The van der Waals surface area contributed by atoms with Gasteiger partial charge in [0.05, 0.1) is 25.4 Å². The van der Waals surface area contributed by atoms with Crippen LogP contribution < -0.4 is 10.1 Å². The number of carbonyl (C=O) groups is 2. The molecule has 0 saturated carbocycles. The van der Waals surface area contributed by atoms with Gasteiger partial charge >= 0.3 is 5.97 Å². The van der Waals surface area contributed by atoms with Crippen molar-refractivity contribution in [2.75, 3.05) is 12.4 Å². The van der Waals surface area contributed by atoms with Crippen LogP contribution in [0.1, 0.15) is 5.69 Å². The van der Waals surface area contributed by atoms with Crippen molar-refractivity contribution in [3.8, 4) is 5.75 Å². The van der Waals surface area contributed by atoms with Crippen molar-refractivity contribution in [2.45, 2.75) is 13.0 Å². The molecule has 0 atom stereocenters. The number of carbonyl (C=O) groups excluding carboxylic acids is 1. The van der Waals surface area contributed by atoms with Gasteiger partial charge < -0.3 is 15.2 Å². The number of nitrogens with one attached hydrogen (secondary N) is 1. The molecule has 1 aromatic carbocycles. The fourth-order valence-electron chi connectivity index (χ4n) is 1.71. The second-order valence-electron chi connectivity index (χ2n) is 4.23. The lowest BCUT2D eigenvalue weighted by molar-refractivity contribution is -0.136. The average molecular weight is 290 g/mol. The standard InChI is InChI=1S/C13H14N4O4/c1-21-11-4-2-9(3-5-11)15-12(18)8-17-10(6-13(19)20)7-14-16-17/h2-5,7H,6,8H2,1H3,(H,15,18)(H,19,20). The molecule has 2 N–H and O–H groups in total. The first kappa shape index (κ1) is 14.5. The maximum atomic E-state index is 11.9. The zero-order valence-electron chi connectivity index (χ0n) is 11.3. The van der Waals surface area contributed by atoms with E-state index in [0.29, 0.717) is 17.1 Å². The van der Waals surface area contributed by atoms with Gasteiger partial charge in [-0.1, -0.05) is 5.21 Å². The number of amides is 1. The van der Waals surface area contributed by atoms with Crippen LogP contribution in [-0.2, 0) is 22.6 Å². The number of methoxy groups -OCH3 is 1. The van der Waals surface area contributed by atoms with Crippen molar-refractivity contribution < 1.29 is 19.4 Å². The van der Waals surface area contributed by atoms with E-state index in [0.717, 1.165) is 0 Å². The Balaban J connectivity index is 1.98. The highest BCUT2D eigenvalue weighted by Crippen LogP contribution is 2.15. The van der Waals surface area contributed by atoms with E-state index in [4.69, 9.17) is 9.84 Å². The molecule has 21 heavy (non-hydrogen) atoms. The van der Waals surface area contributed by atoms with Crippen molar-refractivity contribution in [3.05, 3.63) is 36.2 Å². The first-order valence-electron chi connectivity index (χ1n) is 6.11. The molecule has 8 heteroatoms. The van der Waals surface area contributed by atoms with E-state index in [9.17, 15) is 9.59 Å². The highest BCUT2D eigenvalue weighted by Gasteiger charge is 2.11. The van der Waals surface area contributed by atoms with Crippen LogP contribution >= 0.6 is 0 Å². The molecule has 2 rings (SSSR count). The molecule has 0 saturated heterocycles.